The van der Waals surface area contributed by atoms with E-state index in [0.717, 1.165) is 41.5 Å². The summed E-state index contributed by atoms with van der Waals surface area (Å²) in [6, 6.07) is 4.13. The van der Waals surface area contributed by atoms with Gasteiger partial charge in [-0.1, -0.05) is 0 Å². The summed E-state index contributed by atoms with van der Waals surface area (Å²) in [7, 11) is 0. The average Bonchev–Trinajstić information content (AvgIpc) is 3.41. The van der Waals surface area contributed by atoms with Crippen molar-refractivity contribution in [2.24, 2.45) is 0 Å². The number of likely N-dealkylation sites (tertiary alicyclic amines) is 1. The highest BCUT2D eigenvalue weighted by Gasteiger charge is 2.45. The van der Waals surface area contributed by atoms with Crippen molar-refractivity contribution in [3.63, 3.8) is 0 Å². The zero-order valence-corrected chi connectivity index (χ0v) is 16.1. The third-order valence-electron chi connectivity index (χ3n) is 5.37. The van der Waals surface area contributed by atoms with Crippen molar-refractivity contribution in [2.45, 2.75) is 32.1 Å². The normalized spacial score (nSPS) is 22.1. The van der Waals surface area contributed by atoms with E-state index in [1.807, 2.05) is 29.5 Å². The fourth-order valence-corrected chi connectivity index (χ4v) is 5.44. The molecule has 0 saturated carbocycles. The minimum absolute atomic E-state index is 0.132. The van der Waals surface area contributed by atoms with E-state index in [1.54, 1.807) is 11.3 Å². The standard InChI is InChI=1S/C19H19N3O2S2/c1-13-2-7-26-17(13)18(23)21-5-4-19(11-21)12-22-15(14-3-6-25-10-14)8-20-16(22)9-24-19/h2-3,6-8,10H,4-5,9,11-12H2,1H3/t19-/m0/s1. The van der Waals surface area contributed by atoms with Crippen molar-refractivity contribution in [1.29, 1.82) is 0 Å². The molecule has 3 aromatic heterocycles. The first-order valence-electron chi connectivity index (χ1n) is 8.70. The van der Waals surface area contributed by atoms with E-state index in [9.17, 15) is 4.79 Å². The monoisotopic (exact) mass is 385 g/mol. The number of amides is 1. The summed E-state index contributed by atoms with van der Waals surface area (Å²) < 4.78 is 8.51. The SMILES string of the molecule is Cc1ccsc1C(=O)N1CC[C@]2(C1)Cn1c(-c3ccsc3)cnc1CO2. The maximum absolute atomic E-state index is 12.9. The number of thiophene rings is 2. The van der Waals surface area contributed by atoms with Crippen LogP contribution >= 0.6 is 22.7 Å². The molecule has 1 fully saturated rings. The van der Waals surface area contributed by atoms with E-state index in [0.29, 0.717) is 13.2 Å². The Bertz CT molecular complexity index is 960. The van der Waals surface area contributed by atoms with Crippen molar-refractivity contribution in [3.8, 4) is 11.3 Å². The molecule has 5 heterocycles. The van der Waals surface area contributed by atoms with Crippen molar-refractivity contribution in [2.75, 3.05) is 13.1 Å². The summed E-state index contributed by atoms with van der Waals surface area (Å²) in [5, 5.41) is 6.22. The highest BCUT2D eigenvalue weighted by molar-refractivity contribution is 7.12. The van der Waals surface area contributed by atoms with Gasteiger partial charge in [-0.25, -0.2) is 4.98 Å². The number of hydrogen-bond donors (Lipinski definition) is 0. The lowest BCUT2D eigenvalue weighted by molar-refractivity contribution is -0.0804. The molecule has 1 atom stereocenters. The Balaban J connectivity index is 1.40. The van der Waals surface area contributed by atoms with Gasteiger partial charge in [0.1, 0.15) is 18.0 Å². The van der Waals surface area contributed by atoms with E-state index < -0.39 is 0 Å². The van der Waals surface area contributed by atoms with Gasteiger partial charge < -0.3 is 14.2 Å². The number of ether oxygens (including phenoxy) is 1. The van der Waals surface area contributed by atoms with Crippen LogP contribution < -0.4 is 0 Å². The molecule has 0 aromatic carbocycles. The molecule has 3 aromatic rings. The molecule has 1 spiro atoms. The maximum Gasteiger partial charge on any atom is 0.264 e. The maximum atomic E-state index is 12.9. The highest BCUT2D eigenvalue weighted by atomic mass is 32.1. The summed E-state index contributed by atoms with van der Waals surface area (Å²) in [6.07, 6.45) is 2.80. The highest BCUT2D eigenvalue weighted by Crippen LogP contribution is 2.36. The molecule has 1 amide bonds. The van der Waals surface area contributed by atoms with Gasteiger partial charge in [0.2, 0.25) is 0 Å². The van der Waals surface area contributed by atoms with Gasteiger partial charge >= 0.3 is 0 Å². The van der Waals surface area contributed by atoms with E-state index in [-0.39, 0.29) is 11.5 Å². The lowest BCUT2D eigenvalue weighted by Gasteiger charge is -2.35. The summed E-state index contributed by atoms with van der Waals surface area (Å²) >= 11 is 3.22. The van der Waals surface area contributed by atoms with E-state index in [2.05, 4.69) is 26.4 Å². The Morgan fingerprint density at radius 3 is 3.00 bits per heavy atom. The largest absolute Gasteiger partial charge is 0.363 e. The number of carbonyl (C=O) groups is 1. The molecule has 0 N–H and O–H groups in total. The molecule has 5 rings (SSSR count). The third-order valence-corrected chi connectivity index (χ3v) is 7.06. The predicted octanol–water partition coefficient (Wildman–Crippen LogP) is 3.80. The number of hydrogen-bond acceptors (Lipinski definition) is 5. The Labute approximate surface area is 159 Å². The van der Waals surface area contributed by atoms with Gasteiger partial charge in [-0.15, -0.1) is 11.3 Å². The molecule has 26 heavy (non-hydrogen) atoms. The first-order valence-corrected chi connectivity index (χ1v) is 10.5. The molecule has 1 saturated heterocycles. The van der Waals surface area contributed by atoms with Gasteiger partial charge in [-0.05, 0) is 41.8 Å². The van der Waals surface area contributed by atoms with Crippen LogP contribution in [0.4, 0.5) is 0 Å². The molecular formula is C19H19N3O2S2. The Hall–Kier alpha value is -1.96. The van der Waals surface area contributed by atoms with Crippen LogP contribution in [0.25, 0.3) is 11.3 Å². The minimum Gasteiger partial charge on any atom is -0.363 e. The van der Waals surface area contributed by atoms with Crippen LogP contribution in [0.5, 0.6) is 0 Å². The lowest BCUT2D eigenvalue weighted by atomic mass is 10.0. The number of imidazole rings is 1. The molecule has 2 aliphatic heterocycles. The third kappa shape index (κ3) is 2.53. The summed E-state index contributed by atoms with van der Waals surface area (Å²) in [6.45, 7) is 4.64. The van der Waals surface area contributed by atoms with E-state index in [1.165, 1.54) is 16.9 Å². The Morgan fingerprint density at radius 2 is 2.23 bits per heavy atom. The van der Waals surface area contributed by atoms with Gasteiger partial charge in [0.15, 0.2) is 0 Å². The molecule has 7 heteroatoms. The van der Waals surface area contributed by atoms with Gasteiger partial charge in [-0.3, -0.25) is 4.79 Å². The fourth-order valence-electron chi connectivity index (χ4n) is 3.90. The topological polar surface area (TPSA) is 47.4 Å². The number of fused-ring (bicyclic) bond motifs is 1. The Morgan fingerprint density at radius 1 is 1.31 bits per heavy atom. The zero-order chi connectivity index (χ0) is 17.7. The van der Waals surface area contributed by atoms with Crippen molar-refractivity contribution in [3.05, 3.63) is 50.7 Å². The fraction of sp³-hybridized carbons (Fsp3) is 0.368. The number of nitrogens with zero attached hydrogens (tertiary/aromatic N) is 3. The van der Waals surface area contributed by atoms with Gasteiger partial charge in [-0.2, -0.15) is 11.3 Å². The van der Waals surface area contributed by atoms with Gasteiger partial charge in [0.25, 0.3) is 5.91 Å². The zero-order valence-electron chi connectivity index (χ0n) is 14.5. The summed E-state index contributed by atoms with van der Waals surface area (Å²) in [5.41, 5.74) is 3.09. The quantitative estimate of drug-likeness (QED) is 0.674. The molecule has 0 bridgehead atoms. The molecule has 5 nitrogen and oxygen atoms in total. The van der Waals surface area contributed by atoms with Crippen LogP contribution in [0.3, 0.4) is 0 Å². The van der Waals surface area contributed by atoms with Gasteiger partial charge in [0.05, 0.1) is 29.9 Å². The number of aromatic nitrogens is 2. The van der Waals surface area contributed by atoms with Crippen molar-refractivity contribution >= 4 is 28.6 Å². The van der Waals surface area contributed by atoms with Crippen LogP contribution in [0.15, 0.2) is 34.5 Å². The second kappa shape index (κ2) is 6.04. The second-order valence-electron chi connectivity index (χ2n) is 7.04. The first kappa shape index (κ1) is 16.2. The minimum atomic E-state index is -0.306. The van der Waals surface area contributed by atoms with Gasteiger partial charge in [0, 0.05) is 17.5 Å². The number of carbonyl (C=O) groups excluding carboxylic acids is 1. The predicted molar refractivity (Wildman–Crippen MR) is 103 cm³/mol. The molecule has 0 unspecified atom stereocenters. The Kier molecular flexibility index (Phi) is 3.77. The van der Waals surface area contributed by atoms with Crippen LogP contribution in [0.2, 0.25) is 0 Å². The number of aryl methyl sites for hydroxylation is 1. The van der Waals surface area contributed by atoms with Crippen molar-refractivity contribution < 1.29 is 9.53 Å². The van der Waals surface area contributed by atoms with Crippen molar-refractivity contribution in [1.82, 2.24) is 14.5 Å². The van der Waals surface area contributed by atoms with Crippen LogP contribution in [0.1, 0.15) is 27.5 Å². The van der Waals surface area contributed by atoms with Crippen LogP contribution in [-0.2, 0) is 17.9 Å². The van der Waals surface area contributed by atoms with E-state index in [4.69, 9.17) is 4.74 Å². The second-order valence-corrected chi connectivity index (χ2v) is 8.74. The molecule has 0 aliphatic carbocycles. The molecular weight excluding hydrogens is 366 g/mol. The molecule has 0 radical (unpaired) electrons. The molecule has 134 valence electrons. The average molecular weight is 386 g/mol. The van der Waals surface area contributed by atoms with Crippen LogP contribution in [-0.4, -0.2) is 39.0 Å². The number of rotatable bonds is 2. The lowest BCUT2D eigenvalue weighted by Crippen LogP contribution is -2.45. The first-order chi connectivity index (χ1) is 12.7. The molecule has 2 aliphatic rings. The van der Waals surface area contributed by atoms with E-state index >= 15 is 0 Å². The van der Waals surface area contributed by atoms with Crippen LogP contribution in [0, 0.1) is 6.92 Å². The summed E-state index contributed by atoms with van der Waals surface area (Å²) in [4.78, 5) is 20.2. The smallest absolute Gasteiger partial charge is 0.264 e. The summed E-state index contributed by atoms with van der Waals surface area (Å²) in [5.74, 6) is 1.10.